The third-order valence-electron chi connectivity index (χ3n) is 3.90. The van der Waals surface area contributed by atoms with E-state index < -0.39 is 17.9 Å². The molecule has 2 unspecified atom stereocenters. The summed E-state index contributed by atoms with van der Waals surface area (Å²) in [5, 5.41) is 9.30. The van der Waals surface area contributed by atoms with Gasteiger partial charge in [-0.25, -0.2) is 4.79 Å². The molecule has 0 spiro atoms. The van der Waals surface area contributed by atoms with Gasteiger partial charge in [0.2, 0.25) is 0 Å². The first-order valence-electron chi connectivity index (χ1n) is 7.23. The van der Waals surface area contributed by atoms with Crippen LogP contribution in [-0.2, 0) is 9.53 Å². The fourth-order valence-corrected chi connectivity index (χ4v) is 2.64. The second-order valence-corrected chi connectivity index (χ2v) is 5.69. The number of ether oxygens (including phenoxy) is 1. The van der Waals surface area contributed by atoms with E-state index in [0.717, 1.165) is 0 Å². The van der Waals surface area contributed by atoms with Crippen molar-refractivity contribution in [2.75, 3.05) is 27.7 Å². The second kappa shape index (κ2) is 6.78. The van der Waals surface area contributed by atoms with Gasteiger partial charge in [-0.1, -0.05) is 6.07 Å². The molecule has 1 fully saturated rings. The van der Waals surface area contributed by atoms with Crippen molar-refractivity contribution in [3.8, 4) is 0 Å². The maximum Gasteiger partial charge on any atom is 0.326 e. The average molecular weight is 320 g/mol. The number of carboxylic acids is 1. The Balaban J connectivity index is 2.27. The molecule has 0 aliphatic carbocycles. The molecule has 1 saturated heterocycles. The summed E-state index contributed by atoms with van der Waals surface area (Å²) in [6, 6.07) is 5.39. The van der Waals surface area contributed by atoms with Crippen LogP contribution in [0.1, 0.15) is 27.1 Å². The van der Waals surface area contributed by atoms with E-state index in [1.165, 1.54) is 23.0 Å². The molecule has 0 saturated carbocycles. The van der Waals surface area contributed by atoms with E-state index in [1.54, 1.807) is 32.3 Å². The molecule has 7 heteroatoms. The summed E-state index contributed by atoms with van der Waals surface area (Å²) in [4.78, 5) is 38.7. The fraction of sp³-hybridized carbons (Fsp3) is 0.438. The smallest absolute Gasteiger partial charge is 0.326 e. The van der Waals surface area contributed by atoms with E-state index >= 15 is 0 Å². The standard InChI is InChI=1S/C16H20N2O5/c1-17(2)14(19)10-5-4-6-11(7-10)15(20)18-9-12(23-3)8-13(18)16(21)22/h4-7,12-13H,8-9H2,1-3H3,(H,21,22). The SMILES string of the molecule is COC1CC(C(=O)O)N(C(=O)c2cccc(C(=O)N(C)C)c2)C1. The van der Waals surface area contributed by atoms with Gasteiger partial charge in [-0.15, -0.1) is 0 Å². The number of methoxy groups -OCH3 is 1. The van der Waals surface area contributed by atoms with Crippen LogP contribution in [0.3, 0.4) is 0 Å². The Morgan fingerprint density at radius 2 is 1.91 bits per heavy atom. The first kappa shape index (κ1) is 17.0. The van der Waals surface area contributed by atoms with Gasteiger partial charge >= 0.3 is 5.97 Å². The summed E-state index contributed by atoms with van der Waals surface area (Å²) < 4.78 is 5.18. The molecule has 0 bridgehead atoms. The average Bonchev–Trinajstić information content (AvgIpc) is 2.98. The summed E-state index contributed by atoms with van der Waals surface area (Å²) in [7, 11) is 4.75. The van der Waals surface area contributed by atoms with E-state index in [1.807, 2.05) is 0 Å². The predicted octanol–water partition coefficient (Wildman–Crippen LogP) is 0.702. The normalized spacial score (nSPS) is 20.4. The molecule has 124 valence electrons. The summed E-state index contributed by atoms with van der Waals surface area (Å²) in [6.45, 7) is 0.220. The zero-order valence-electron chi connectivity index (χ0n) is 13.4. The number of likely N-dealkylation sites (tertiary alicyclic amines) is 1. The van der Waals surface area contributed by atoms with Gasteiger partial charge in [-0.2, -0.15) is 0 Å². The number of benzene rings is 1. The molecule has 7 nitrogen and oxygen atoms in total. The van der Waals surface area contributed by atoms with Crippen LogP contribution < -0.4 is 0 Å². The summed E-state index contributed by atoms with van der Waals surface area (Å²) in [5.74, 6) is -1.69. The highest BCUT2D eigenvalue weighted by Gasteiger charge is 2.40. The number of carbonyl (C=O) groups is 3. The largest absolute Gasteiger partial charge is 0.480 e. The number of amides is 2. The van der Waals surface area contributed by atoms with Crippen LogP contribution in [0.2, 0.25) is 0 Å². The van der Waals surface area contributed by atoms with Gasteiger partial charge in [-0.05, 0) is 18.2 Å². The molecule has 1 aromatic carbocycles. The minimum atomic E-state index is -1.06. The summed E-state index contributed by atoms with van der Waals surface area (Å²) >= 11 is 0. The lowest BCUT2D eigenvalue weighted by molar-refractivity contribution is -0.141. The number of nitrogens with zero attached hydrogens (tertiary/aromatic N) is 2. The molecule has 1 aromatic rings. The summed E-state index contributed by atoms with van der Waals surface area (Å²) in [6.07, 6.45) is -0.0416. The van der Waals surface area contributed by atoms with Crippen LogP contribution in [0.4, 0.5) is 0 Å². The van der Waals surface area contributed by atoms with Crippen molar-refractivity contribution in [3.63, 3.8) is 0 Å². The number of rotatable bonds is 4. The van der Waals surface area contributed by atoms with E-state index in [0.29, 0.717) is 11.1 Å². The van der Waals surface area contributed by atoms with Gasteiger partial charge in [0.25, 0.3) is 11.8 Å². The van der Waals surface area contributed by atoms with Crippen LogP contribution in [0.25, 0.3) is 0 Å². The van der Waals surface area contributed by atoms with Gasteiger partial charge in [0.1, 0.15) is 6.04 Å². The topological polar surface area (TPSA) is 87.1 Å². The Morgan fingerprint density at radius 1 is 1.26 bits per heavy atom. The molecule has 0 aromatic heterocycles. The number of hydrogen-bond donors (Lipinski definition) is 1. The van der Waals surface area contributed by atoms with Crippen LogP contribution in [-0.4, -0.2) is 72.6 Å². The van der Waals surface area contributed by atoms with E-state index in [9.17, 15) is 19.5 Å². The third kappa shape index (κ3) is 3.50. The Hall–Kier alpha value is -2.41. The Labute approximate surface area is 134 Å². The van der Waals surface area contributed by atoms with E-state index in [-0.39, 0.29) is 25.0 Å². The van der Waals surface area contributed by atoms with Crippen LogP contribution in [0, 0.1) is 0 Å². The van der Waals surface area contributed by atoms with E-state index in [4.69, 9.17) is 4.74 Å². The van der Waals surface area contributed by atoms with Crippen molar-refractivity contribution < 1.29 is 24.2 Å². The highest BCUT2D eigenvalue weighted by molar-refractivity contribution is 6.00. The minimum Gasteiger partial charge on any atom is -0.480 e. The van der Waals surface area contributed by atoms with Crippen LogP contribution in [0.15, 0.2) is 24.3 Å². The molecule has 2 amide bonds. The maximum atomic E-state index is 12.7. The second-order valence-electron chi connectivity index (χ2n) is 5.69. The van der Waals surface area contributed by atoms with Crippen molar-refractivity contribution in [1.29, 1.82) is 0 Å². The van der Waals surface area contributed by atoms with Crippen molar-refractivity contribution in [2.24, 2.45) is 0 Å². The molecule has 1 aliphatic rings. The zero-order valence-corrected chi connectivity index (χ0v) is 13.4. The molecule has 2 rings (SSSR count). The van der Waals surface area contributed by atoms with Gasteiger partial charge in [0.05, 0.1) is 6.10 Å². The van der Waals surface area contributed by atoms with Gasteiger partial charge in [-0.3, -0.25) is 9.59 Å². The van der Waals surface area contributed by atoms with E-state index in [2.05, 4.69) is 0 Å². The monoisotopic (exact) mass is 320 g/mol. The molecule has 2 atom stereocenters. The molecule has 23 heavy (non-hydrogen) atoms. The number of hydrogen-bond acceptors (Lipinski definition) is 4. The Kier molecular flexibility index (Phi) is 5.00. The Bertz CT molecular complexity index is 629. The lowest BCUT2D eigenvalue weighted by atomic mass is 10.1. The zero-order chi connectivity index (χ0) is 17.1. The third-order valence-corrected chi connectivity index (χ3v) is 3.90. The first-order valence-corrected chi connectivity index (χ1v) is 7.23. The number of carboxylic acid groups (broad SMARTS) is 1. The highest BCUT2D eigenvalue weighted by atomic mass is 16.5. The quantitative estimate of drug-likeness (QED) is 0.882. The van der Waals surface area contributed by atoms with Crippen molar-refractivity contribution >= 4 is 17.8 Å². The minimum absolute atomic E-state index is 0.217. The van der Waals surface area contributed by atoms with Crippen molar-refractivity contribution in [1.82, 2.24) is 9.80 Å². The van der Waals surface area contributed by atoms with Gasteiger partial charge in [0.15, 0.2) is 0 Å². The first-order chi connectivity index (χ1) is 10.8. The molecular formula is C16H20N2O5. The molecule has 1 N–H and O–H groups in total. The molecule has 0 radical (unpaired) electrons. The Morgan fingerprint density at radius 3 is 2.48 bits per heavy atom. The number of aliphatic carboxylic acids is 1. The van der Waals surface area contributed by atoms with Crippen molar-refractivity contribution in [2.45, 2.75) is 18.6 Å². The van der Waals surface area contributed by atoms with Gasteiger partial charge in [0, 0.05) is 45.3 Å². The highest BCUT2D eigenvalue weighted by Crippen LogP contribution is 2.23. The van der Waals surface area contributed by atoms with Crippen molar-refractivity contribution in [3.05, 3.63) is 35.4 Å². The van der Waals surface area contributed by atoms with Crippen LogP contribution in [0.5, 0.6) is 0 Å². The molecule has 1 aliphatic heterocycles. The predicted molar refractivity (Wildman–Crippen MR) is 82.3 cm³/mol. The lowest BCUT2D eigenvalue weighted by Gasteiger charge is -2.21. The van der Waals surface area contributed by atoms with Crippen LogP contribution >= 0.6 is 0 Å². The lowest BCUT2D eigenvalue weighted by Crippen LogP contribution is -2.40. The summed E-state index contributed by atoms with van der Waals surface area (Å²) in [5.41, 5.74) is 0.677. The molecule has 1 heterocycles. The maximum absolute atomic E-state index is 12.7. The molecular weight excluding hydrogens is 300 g/mol. The number of carbonyl (C=O) groups excluding carboxylic acids is 2. The van der Waals surface area contributed by atoms with Gasteiger partial charge < -0.3 is 19.6 Å². The fourth-order valence-electron chi connectivity index (χ4n) is 2.64.